The molecule has 0 radical (unpaired) electrons. The van der Waals surface area contributed by atoms with Crippen molar-refractivity contribution >= 4 is 18.1 Å². The normalized spacial score (nSPS) is 10.7. The number of nitrogens with one attached hydrogen (secondary N) is 2. The number of aryl methyl sites for hydroxylation is 1. The fourth-order valence-electron chi connectivity index (χ4n) is 3.46. The third-order valence-electron chi connectivity index (χ3n) is 5.28. The van der Waals surface area contributed by atoms with Crippen LogP contribution < -0.4 is 14.8 Å². The van der Waals surface area contributed by atoms with Gasteiger partial charge in [-0.25, -0.2) is 4.98 Å². The molecule has 0 saturated carbocycles. The zero-order valence-corrected chi connectivity index (χ0v) is 20.5. The van der Waals surface area contributed by atoms with Crippen LogP contribution in [0.5, 0.6) is 17.4 Å². The van der Waals surface area contributed by atoms with Gasteiger partial charge < -0.3 is 14.8 Å². The molecule has 2 aromatic carbocycles. The lowest BCUT2D eigenvalue weighted by atomic mass is 10.1. The number of pyridine rings is 1. The van der Waals surface area contributed by atoms with Gasteiger partial charge >= 0.3 is 0 Å². The molecule has 0 fully saturated rings. The Morgan fingerprint density at radius 3 is 2.57 bits per heavy atom. The molecule has 0 saturated heterocycles. The summed E-state index contributed by atoms with van der Waals surface area (Å²) in [6, 6.07) is 19.0. The maximum Gasteiger partial charge on any atom is 0.222 e. The summed E-state index contributed by atoms with van der Waals surface area (Å²) in [6.07, 6.45) is 1.93. The first-order valence-corrected chi connectivity index (χ1v) is 11.8. The van der Waals surface area contributed by atoms with Crippen molar-refractivity contribution in [3.05, 3.63) is 82.8 Å². The zero-order valence-electron chi connectivity index (χ0n) is 19.7. The van der Waals surface area contributed by atoms with Gasteiger partial charge in [-0.1, -0.05) is 29.8 Å². The van der Waals surface area contributed by atoms with E-state index >= 15 is 0 Å². The van der Waals surface area contributed by atoms with Gasteiger partial charge in [-0.2, -0.15) is 5.10 Å². The first-order valence-electron chi connectivity index (χ1n) is 11.4. The SMILES string of the molecule is CCOc1ccc(Oc2cc(CNC(=O)CCn3c(-c4ccc(C)cc4)n[nH]c3=S)ccn2)cc1. The number of H-pyrrole nitrogens is 1. The number of hydrogen-bond donors (Lipinski definition) is 2. The molecule has 2 heterocycles. The van der Waals surface area contributed by atoms with E-state index in [4.69, 9.17) is 21.7 Å². The molecule has 35 heavy (non-hydrogen) atoms. The summed E-state index contributed by atoms with van der Waals surface area (Å²) < 4.78 is 13.6. The van der Waals surface area contributed by atoms with Gasteiger partial charge in [-0.3, -0.25) is 14.5 Å². The van der Waals surface area contributed by atoms with Crippen molar-refractivity contribution in [2.45, 2.75) is 33.4 Å². The van der Waals surface area contributed by atoms with Gasteiger partial charge in [-0.05, 0) is 62.0 Å². The second-order valence-electron chi connectivity index (χ2n) is 7.91. The maximum absolute atomic E-state index is 12.5. The largest absolute Gasteiger partial charge is 0.494 e. The molecule has 8 nitrogen and oxygen atoms in total. The molecule has 9 heteroatoms. The third-order valence-corrected chi connectivity index (χ3v) is 5.59. The smallest absolute Gasteiger partial charge is 0.222 e. The van der Waals surface area contributed by atoms with Crippen LogP contribution >= 0.6 is 12.2 Å². The van der Waals surface area contributed by atoms with Crippen molar-refractivity contribution in [2.24, 2.45) is 0 Å². The topological polar surface area (TPSA) is 94.1 Å². The number of amides is 1. The molecular formula is C26H27N5O3S. The average Bonchev–Trinajstić information content (AvgIpc) is 3.23. The van der Waals surface area contributed by atoms with Crippen LogP contribution in [0, 0.1) is 11.7 Å². The van der Waals surface area contributed by atoms with Crippen LogP contribution in [0.15, 0.2) is 66.9 Å². The van der Waals surface area contributed by atoms with E-state index in [-0.39, 0.29) is 12.3 Å². The van der Waals surface area contributed by atoms with Crippen molar-refractivity contribution in [1.29, 1.82) is 0 Å². The molecule has 0 spiro atoms. The molecule has 4 aromatic rings. The van der Waals surface area contributed by atoms with E-state index in [2.05, 4.69) is 20.5 Å². The van der Waals surface area contributed by atoms with Gasteiger partial charge in [0.1, 0.15) is 11.5 Å². The fourth-order valence-corrected chi connectivity index (χ4v) is 3.68. The Bertz CT molecular complexity index is 1330. The summed E-state index contributed by atoms with van der Waals surface area (Å²) in [4.78, 5) is 16.8. The summed E-state index contributed by atoms with van der Waals surface area (Å²) in [7, 11) is 0. The second-order valence-corrected chi connectivity index (χ2v) is 8.29. The summed E-state index contributed by atoms with van der Waals surface area (Å²) in [5, 5.41) is 10.1. The first kappa shape index (κ1) is 24.2. The van der Waals surface area contributed by atoms with Crippen molar-refractivity contribution < 1.29 is 14.3 Å². The van der Waals surface area contributed by atoms with Crippen molar-refractivity contribution in [2.75, 3.05) is 6.61 Å². The van der Waals surface area contributed by atoms with Crippen LogP contribution in [0.1, 0.15) is 24.5 Å². The number of hydrogen-bond acceptors (Lipinski definition) is 6. The quantitative estimate of drug-likeness (QED) is 0.297. The number of benzene rings is 2. The lowest BCUT2D eigenvalue weighted by Crippen LogP contribution is -2.24. The molecule has 2 N–H and O–H groups in total. The summed E-state index contributed by atoms with van der Waals surface area (Å²) in [5.41, 5.74) is 2.99. The molecule has 0 aliphatic heterocycles. The Hall–Kier alpha value is -3.98. The van der Waals surface area contributed by atoms with E-state index in [9.17, 15) is 4.79 Å². The average molecular weight is 490 g/mol. The molecule has 0 aliphatic rings. The minimum Gasteiger partial charge on any atom is -0.494 e. The number of carbonyl (C=O) groups is 1. The Morgan fingerprint density at radius 2 is 1.83 bits per heavy atom. The highest BCUT2D eigenvalue weighted by molar-refractivity contribution is 7.71. The van der Waals surface area contributed by atoms with Crippen molar-refractivity contribution in [1.82, 2.24) is 25.1 Å². The Labute approximate surface area is 209 Å². The zero-order chi connectivity index (χ0) is 24.6. The fraction of sp³-hybridized carbons (Fsp3) is 0.231. The third kappa shape index (κ3) is 6.54. The highest BCUT2D eigenvalue weighted by Crippen LogP contribution is 2.23. The van der Waals surface area contributed by atoms with Crippen LogP contribution in [-0.2, 0) is 17.9 Å². The minimum absolute atomic E-state index is 0.0891. The highest BCUT2D eigenvalue weighted by Gasteiger charge is 2.11. The van der Waals surface area contributed by atoms with Crippen LogP contribution in [0.3, 0.4) is 0 Å². The highest BCUT2D eigenvalue weighted by atomic mass is 32.1. The van der Waals surface area contributed by atoms with Gasteiger partial charge in [0.25, 0.3) is 0 Å². The van der Waals surface area contributed by atoms with E-state index < -0.39 is 0 Å². The second kappa shape index (κ2) is 11.4. The number of ether oxygens (including phenoxy) is 2. The van der Waals surface area contributed by atoms with Gasteiger partial charge in [0, 0.05) is 37.3 Å². The van der Waals surface area contributed by atoms with Gasteiger partial charge in [0.05, 0.1) is 6.61 Å². The summed E-state index contributed by atoms with van der Waals surface area (Å²) in [6.45, 7) is 5.37. The molecule has 0 atom stereocenters. The molecule has 0 bridgehead atoms. The molecule has 0 unspecified atom stereocenters. The van der Waals surface area contributed by atoms with E-state index in [0.717, 1.165) is 22.4 Å². The lowest BCUT2D eigenvalue weighted by Gasteiger charge is -2.10. The lowest BCUT2D eigenvalue weighted by molar-refractivity contribution is -0.121. The number of carbonyl (C=O) groups excluding carboxylic acids is 1. The number of aromatic amines is 1. The molecule has 4 rings (SSSR count). The van der Waals surface area contributed by atoms with E-state index in [1.807, 2.05) is 73.0 Å². The Kier molecular flexibility index (Phi) is 7.89. The summed E-state index contributed by atoms with van der Waals surface area (Å²) >= 11 is 5.37. The van der Waals surface area contributed by atoms with Crippen molar-refractivity contribution in [3.8, 4) is 28.8 Å². The maximum atomic E-state index is 12.5. The predicted molar refractivity (Wildman–Crippen MR) is 136 cm³/mol. The molecule has 1 amide bonds. The first-order chi connectivity index (χ1) is 17.0. The standard InChI is InChI=1S/C26H27N5O3S/c1-3-33-21-8-10-22(11-9-21)34-24-16-19(12-14-27-24)17-28-23(32)13-15-31-25(29-30-26(31)35)20-6-4-18(2)5-7-20/h4-12,14,16H,3,13,15,17H2,1-2H3,(H,28,32)(H,30,35). The number of rotatable bonds is 10. The Morgan fingerprint density at radius 1 is 1.09 bits per heavy atom. The van der Waals surface area contributed by atoms with Gasteiger partial charge in [0.2, 0.25) is 11.8 Å². The molecule has 180 valence electrons. The predicted octanol–water partition coefficient (Wildman–Crippen LogP) is 5.21. The molecular weight excluding hydrogens is 462 g/mol. The Balaban J connectivity index is 1.31. The van der Waals surface area contributed by atoms with E-state index in [1.54, 1.807) is 12.3 Å². The number of nitrogens with zero attached hydrogens (tertiary/aromatic N) is 3. The minimum atomic E-state index is -0.0891. The van der Waals surface area contributed by atoms with Crippen molar-refractivity contribution in [3.63, 3.8) is 0 Å². The summed E-state index contributed by atoms with van der Waals surface area (Å²) in [5.74, 6) is 2.52. The van der Waals surface area contributed by atoms with Gasteiger partial charge in [0.15, 0.2) is 10.6 Å². The monoisotopic (exact) mass is 489 g/mol. The molecule has 2 aromatic heterocycles. The van der Waals surface area contributed by atoms with Crippen LogP contribution in [-0.4, -0.2) is 32.3 Å². The van der Waals surface area contributed by atoms with Crippen LogP contribution in [0.4, 0.5) is 0 Å². The van der Waals surface area contributed by atoms with Crippen LogP contribution in [0.25, 0.3) is 11.4 Å². The molecule has 0 aliphatic carbocycles. The van der Waals surface area contributed by atoms with E-state index in [1.165, 1.54) is 0 Å². The van der Waals surface area contributed by atoms with E-state index in [0.29, 0.717) is 41.9 Å². The van der Waals surface area contributed by atoms with Gasteiger partial charge in [-0.15, -0.1) is 0 Å². The number of aromatic nitrogens is 4. The van der Waals surface area contributed by atoms with Crippen LogP contribution in [0.2, 0.25) is 0 Å².